The quantitative estimate of drug-likeness (QED) is 0.486. The molecule has 0 N–H and O–H groups in total. The topological polar surface area (TPSA) is 78.0 Å². The normalized spacial score (nSPS) is 15.9. The van der Waals surface area contributed by atoms with Crippen LogP contribution in [0.2, 0.25) is 0 Å². The predicted molar refractivity (Wildman–Crippen MR) is 118 cm³/mol. The van der Waals surface area contributed by atoms with E-state index in [1.165, 1.54) is 31.4 Å². The first-order chi connectivity index (χ1) is 15.1. The second-order valence-corrected chi connectivity index (χ2v) is 8.47. The summed E-state index contributed by atoms with van der Waals surface area (Å²) in [5.74, 6) is -0.459. The van der Waals surface area contributed by atoms with Crippen molar-refractivity contribution in [3.63, 3.8) is 0 Å². The van der Waals surface area contributed by atoms with Gasteiger partial charge in [-0.15, -0.1) is 0 Å². The molecule has 0 radical (unpaired) electrons. The van der Waals surface area contributed by atoms with Gasteiger partial charge in [-0.25, -0.2) is 14.0 Å². The van der Waals surface area contributed by atoms with Gasteiger partial charge in [0.05, 0.1) is 19.3 Å². The number of likely N-dealkylation sites (tertiary alicyclic amines) is 1. The van der Waals surface area contributed by atoms with Gasteiger partial charge in [0.1, 0.15) is 23.8 Å². The Morgan fingerprint density at radius 2 is 1.97 bits per heavy atom. The van der Waals surface area contributed by atoms with Crippen molar-refractivity contribution in [1.29, 1.82) is 0 Å². The van der Waals surface area contributed by atoms with Gasteiger partial charge in [-0.3, -0.25) is 4.98 Å². The number of carbonyl (C=O) groups excluding carboxylic acids is 2. The van der Waals surface area contributed by atoms with Gasteiger partial charge in [-0.1, -0.05) is 0 Å². The maximum absolute atomic E-state index is 14.1. The number of pyridine rings is 1. The molecule has 0 spiro atoms. The first-order valence-corrected chi connectivity index (χ1v) is 10.3. The van der Waals surface area contributed by atoms with Gasteiger partial charge in [0.2, 0.25) is 0 Å². The molecular formula is C24H27FN2O5. The molecule has 1 aliphatic heterocycles. The Morgan fingerprint density at radius 3 is 2.62 bits per heavy atom. The molecule has 1 fully saturated rings. The second-order valence-electron chi connectivity index (χ2n) is 8.47. The Morgan fingerprint density at radius 1 is 1.19 bits per heavy atom. The van der Waals surface area contributed by atoms with Crippen LogP contribution in [0.1, 0.15) is 32.8 Å². The fraction of sp³-hybridized carbons (Fsp3) is 0.375. The van der Waals surface area contributed by atoms with Crippen molar-refractivity contribution < 1.29 is 28.2 Å². The minimum Gasteiger partial charge on any atom is -0.490 e. The molecule has 2 aromatic rings. The molecule has 1 amide bonds. The van der Waals surface area contributed by atoms with Gasteiger partial charge in [0.15, 0.2) is 0 Å². The minimum atomic E-state index is -0.549. The zero-order valence-corrected chi connectivity index (χ0v) is 18.6. The number of aromatic nitrogens is 1. The highest BCUT2D eigenvalue weighted by Gasteiger charge is 2.35. The van der Waals surface area contributed by atoms with Crippen LogP contribution in [-0.4, -0.2) is 53.9 Å². The average molecular weight is 442 g/mol. The molecule has 8 heteroatoms. The summed E-state index contributed by atoms with van der Waals surface area (Å²) >= 11 is 0. The van der Waals surface area contributed by atoms with Crippen molar-refractivity contribution in [2.45, 2.75) is 38.8 Å². The SMILES string of the molecule is COC(=O)C=Cc1cc(F)cc(-c2cncc(OCC3CCN3C(=O)OC(C)(C)C)c2)c1. The van der Waals surface area contributed by atoms with Crippen molar-refractivity contribution in [3.8, 4) is 16.9 Å². The van der Waals surface area contributed by atoms with Crippen LogP contribution in [0.4, 0.5) is 9.18 Å². The monoisotopic (exact) mass is 442 g/mol. The number of ether oxygens (including phenoxy) is 3. The van der Waals surface area contributed by atoms with Crippen LogP contribution < -0.4 is 4.74 Å². The molecule has 1 aromatic carbocycles. The lowest BCUT2D eigenvalue weighted by Crippen LogP contribution is -2.55. The van der Waals surface area contributed by atoms with Crippen LogP contribution >= 0.6 is 0 Å². The van der Waals surface area contributed by atoms with E-state index >= 15 is 0 Å². The Kier molecular flexibility index (Phi) is 7.12. The van der Waals surface area contributed by atoms with Crippen LogP contribution in [0.15, 0.2) is 42.7 Å². The van der Waals surface area contributed by atoms with Crippen molar-refractivity contribution in [3.05, 3.63) is 54.1 Å². The molecule has 1 saturated heterocycles. The smallest absolute Gasteiger partial charge is 0.410 e. The van der Waals surface area contributed by atoms with Crippen LogP contribution in [0.5, 0.6) is 5.75 Å². The predicted octanol–water partition coefficient (Wildman–Crippen LogP) is 4.46. The van der Waals surface area contributed by atoms with E-state index in [0.717, 1.165) is 6.42 Å². The summed E-state index contributed by atoms with van der Waals surface area (Å²) in [6, 6.07) is 6.12. The first-order valence-electron chi connectivity index (χ1n) is 10.3. The minimum absolute atomic E-state index is 0.0715. The van der Waals surface area contributed by atoms with Gasteiger partial charge < -0.3 is 19.1 Å². The Hall–Kier alpha value is -3.42. The molecule has 0 aliphatic carbocycles. The maximum Gasteiger partial charge on any atom is 0.410 e. The van der Waals surface area contributed by atoms with Gasteiger partial charge in [0.25, 0.3) is 0 Å². The van der Waals surface area contributed by atoms with E-state index in [0.29, 0.717) is 35.6 Å². The van der Waals surface area contributed by atoms with E-state index in [2.05, 4.69) is 9.72 Å². The number of benzene rings is 1. The number of carbonyl (C=O) groups is 2. The highest BCUT2D eigenvalue weighted by molar-refractivity contribution is 5.87. The van der Waals surface area contributed by atoms with Crippen LogP contribution in [0.3, 0.4) is 0 Å². The second kappa shape index (κ2) is 9.80. The number of amides is 1. The van der Waals surface area contributed by atoms with E-state index in [4.69, 9.17) is 9.47 Å². The summed E-state index contributed by atoms with van der Waals surface area (Å²) in [6.45, 7) is 6.43. The Balaban J connectivity index is 1.67. The summed E-state index contributed by atoms with van der Waals surface area (Å²) < 4.78 is 29.9. The van der Waals surface area contributed by atoms with E-state index in [1.807, 2.05) is 20.8 Å². The largest absolute Gasteiger partial charge is 0.490 e. The molecule has 7 nitrogen and oxygen atoms in total. The van der Waals surface area contributed by atoms with E-state index in [1.54, 1.807) is 29.4 Å². The van der Waals surface area contributed by atoms with Crippen LogP contribution in [0.25, 0.3) is 17.2 Å². The number of nitrogens with zero attached hydrogens (tertiary/aromatic N) is 2. The molecule has 1 aromatic heterocycles. The summed E-state index contributed by atoms with van der Waals surface area (Å²) in [6.07, 6.45) is 6.35. The lowest BCUT2D eigenvalue weighted by molar-refractivity contribution is -0.134. The molecular weight excluding hydrogens is 415 g/mol. The number of halogens is 1. The number of rotatable bonds is 6. The zero-order valence-electron chi connectivity index (χ0n) is 18.6. The Bertz CT molecular complexity index is 1020. The highest BCUT2D eigenvalue weighted by atomic mass is 19.1. The molecule has 1 atom stereocenters. The third kappa shape index (κ3) is 6.29. The van der Waals surface area contributed by atoms with Gasteiger partial charge >= 0.3 is 12.1 Å². The standard InChI is InChI=1S/C24H27FN2O5/c1-24(2,3)32-23(29)27-8-7-20(27)15-31-21-12-18(13-26-14-21)17-9-16(10-19(25)11-17)5-6-22(28)30-4/h5-6,9-14,20H,7-8,15H2,1-4H3. The fourth-order valence-corrected chi connectivity index (χ4v) is 3.13. The summed E-state index contributed by atoms with van der Waals surface area (Å²) in [5.41, 5.74) is 1.21. The lowest BCUT2D eigenvalue weighted by atomic mass is 10.0. The van der Waals surface area contributed by atoms with Crippen molar-refractivity contribution >= 4 is 18.1 Å². The van der Waals surface area contributed by atoms with Crippen molar-refractivity contribution in [2.24, 2.45) is 0 Å². The number of esters is 1. The molecule has 1 aliphatic rings. The number of hydrogen-bond acceptors (Lipinski definition) is 6. The summed E-state index contributed by atoms with van der Waals surface area (Å²) in [7, 11) is 1.27. The number of methoxy groups -OCH3 is 1. The highest BCUT2D eigenvalue weighted by Crippen LogP contribution is 2.27. The molecule has 0 bridgehead atoms. The maximum atomic E-state index is 14.1. The molecule has 1 unspecified atom stereocenters. The molecule has 170 valence electrons. The third-order valence-corrected chi connectivity index (χ3v) is 4.79. The molecule has 2 heterocycles. The molecule has 32 heavy (non-hydrogen) atoms. The van der Waals surface area contributed by atoms with Crippen LogP contribution in [0, 0.1) is 5.82 Å². The fourth-order valence-electron chi connectivity index (χ4n) is 3.13. The average Bonchev–Trinajstić information content (AvgIpc) is 2.69. The number of hydrogen-bond donors (Lipinski definition) is 0. The van der Waals surface area contributed by atoms with Gasteiger partial charge in [-0.05, 0) is 68.7 Å². The van der Waals surface area contributed by atoms with E-state index in [-0.39, 0.29) is 12.1 Å². The van der Waals surface area contributed by atoms with Gasteiger partial charge in [0, 0.05) is 24.4 Å². The lowest BCUT2D eigenvalue weighted by Gasteiger charge is -2.40. The third-order valence-electron chi connectivity index (χ3n) is 4.79. The Labute approximate surface area is 186 Å². The molecule has 3 rings (SSSR count). The van der Waals surface area contributed by atoms with E-state index < -0.39 is 17.4 Å². The van der Waals surface area contributed by atoms with Crippen molar-refractivity contribution in [1.82, 2.24) is 9.88 Å². The van der Waals surface area contributed by atoms with Crippen LogP contribution in [-0.2, 0) is 14.3 Å². The zero-order chi connectivity index (χ0) is 23.3. The summed E-state index contributed by atoms with van der Waals surface area (Å²) in [5, 5.41) is 0. The summed E-state index contributed by atoms with van der Waals surface area (Å²) in [4.78, 5) is 29.4. The van der Waals surface area contributed by atoms with E-state index in [9.17, 15) is 14.0 Å². The van der Waals surface area contributed by atoms with Gasteiger partial charge in [-0.2, -0.15) is 0 Å². The van der Waals surface area contributed by atoms with Crippen molar-refractivity contribution in [2.75, 3.05) is 20.3 Å². The first kappa shape index (κ1) is 23.2. The molecule has 0 saturated carbocycles.